The maximum absolute atomic E-state index is 10.9. The number of pyridine rings is 1. The summed E-state index contributed by atoms with van der Waals surface area (Å²) in [5, 5.41) is 8.91. The molecule has 2 heterocycles. The van der Waals surface area contributed by atoms with Gasteiger partial charge in [0.2, 0.25) is 5.88 Å². The van der Waals surface area contributed by atoms with Gasteiger partial charge in [-0.3, -0.25) is 9.78 Å². The molecule has 0 aliphatic heterocycles. The Hall–Kier alpha value is -3.02. The lowest BCUT2D eigenvalue weighted by Gasteiger charge is -2.09. The number of rotatable bonds is 4. The van der Waals surface area contributed by atoms with E-state index in [0.717, 1.165) is 0 Å². The first-order valence-corrected chi connectivity index (χ1v) is 6.28. The van der Waals surface area contributed by atoms with Crippen LogP contribution in [0.4, 0.5) is 0 Å². The fourth-order valence-electron chi connectivity index (χ4n) is 1.92. The van der Waals surface area contributed by atoms with Gasteiger partial charge in [0.05, 0.1) is 6.42 Å². The summed E-state index contributed by atoms with van der Waals surface area (Å²) in [5.41, 5.74) is 1.74. The van der Waals surface area contributed by atoms with Crippen LogP contribution in [0.15, 0.2) is 48.8 Å². The number of hydrogen-bond donors (Lipinski definition) is 1. The van der Waals surface area contributed by atoms with Gasteiger partial charge in [-0.25, -0.2) is 4.98 Å². The van der Waals surface area contributed by atoms with Crippen molar-refractivity contribution >= 4 is 17.1 Å². The van der Waals surface area contributed by atoms with E-state index in [0.29, 0.717) is 28.4 Å². The highest BCUT2D eigenvalue weighted by molar-refractivity contribution is 5.72. The maximum atomic E-state index is 10.9. The van der Waals surface area contributed by atoms with Crippen molar-refractivity contribution in [3.8, 4) is 11.6 Å². The van der Waals surface area contributed by atoms with Crippen LogP contribution in [0.3, 0.4) is 0 Å². The van der Waals surface area contributed by atoms with Gasteiger partial charge in [0.25, 0.3) is 0 Å². The van der Waals surface area contributed by atoms with Gasteiger partial charge in [-0.15, -0.1) is 0 Å². The molecule has 6 nitrogen and oxygen atoms in total. The van der Waals surface area contributed by atoms with Crippen LogP contribution in [-0.4, -0.2) is 26.0 Å². The number of carbonyl (C=O) groups is 1. The number of aliphatic carboxylic acids is 1. The third-order valence-electron chi connectivity index (χ3n) is 2.83. The Balaban J connectivity index is 1.93. The molecule has 3 aromatic rings. The minimum atomic E-state index is -0.914. The fourth-order valence-corrected chi connectivity index (χ4v) is 1.92. The van der Waals surface area contributed by atoms with E-state index in [1.807, 2.05) is 0 Å². The minimum absolute atomic E-state index is 0.108. The van der Waals surface area contributed by atoms with Crippen LogP contribution in [0.2, 0.25) is 0 Å². The molecule has 3 rings (SSSR count). The van der Waals surface area contributed by atoms with Gasteiger partial charge in [-0.2, -0.15) is 4.98 Å². The number of aromatic nitrogens is 3. The largest absolute Gasteiger partial charge is 0.481 e. The first kappa shape index (κ1) is 13.0. The number of hydrogen-bond acceptors (Lipinski definition) is 5. The van der Waals surface area contributed by atoms with Crippen molar-refractivity contribution in [1.82, 2.24) is 15.0 Å². The highest BCUT2D eigenvalue weighted by Crippen LogP contribution is 2.25. The van der Waals surface area contributed by atoms with Crippen molar-refractivity contribution in [1.29, 1.82) is 0 Å². The summed E-state index contributed by atoms with van der Waals surface area (Å²) in [6.45, 7) is 0. The normalized spacial score (nSPS) is 10.5. The Bertz CT molecular complexity index is 805. The van der Waals surface area contributed by atoms with Crippen LogP contribution in [0, 0.1) is 0 Å². The Kier molecular flexibility index (Phi) is 3.42. The number of fused-ring (bicyclic) bond motifs is 1. The third kappa shape index (κ3) is 2.94. The second kappa shape index (κ2) is 5.54. The van der Waals surface area contributed by atoms with Crippen LogP contribution < -0.4 is 4.74 Å². The highest BCUT2D eigenvalue weighted by Gasteiger charge is 2.09. The zero-order valence-electron chi connectivity index (χ0n) is 10.9. The average Bonchev–Trinajstić information content (AvgIpc) is 2.49. The van der Waals surface area contributed by atoms with Crippen LogP contribution in [-0.2, 0) is 11.2 Å². The number of nitrogens with zero attached hydrogens (tertiary/aromatic N) is 3. The molecule has 0 spiro atoms. The SMILES string of the molecule is O=C(O)Cc1ccccc1Oc1ccc2nccnc2n1. The molecule has 2 aromatic heterocycles. The minimum Gasteiger partial charge on any atom is -0.481 e. The van der Waals surface area contributed by atoms with E-state index in [1.165, 1.54) is 0 Å². The van der Waals surface area contributed by atoms with E-state index >= 15 is 0 Å². The van der Waals surface area contributed by atoms with Crippen molar-refractivity contribution in [2.45, 2.75) is 6.42 Å². The predicted molar refractivity (Wildman–Crippen MR) is 75.2 cm³/mol. The quantitative estimate of drug-likeness (QED) is 0.790. The standard InChI is InChI=1S/C15H11N3O3/c19-14(20)9-10-3-1-2-4-12(10)21-13-6-5-11-15(18-13)17-8-7-16-11/h1-8H,9H2,(H,19,20). The van der Waals surface area contributed by atoms with Gasteiger partial charge in [-0.1, -0.05) is 18.2 Å². The summed E-state index contributed by atoms with van der Waals surface area (Å²) >= 11 is 0. The van der Waals surface area contributed by atoms with Crippen LogP contribution in [0.1, 0.15) is 5.56 Å². The molecule has 0 saturated heterocycles. The summed E-state index contributed by atoms with van der Waals surface area (Å²) in [7, 11) is 0. The smallest absolute Gasteiger partial charge is 0.307 e. The molecule has 104 valence electrons. The van der Waals surface area contributed by atoms with E-state index in [9.17, 15) is 4.79 Å². The lowest BCUT2D eigenvalue weighted by atomic mass is 10.1. The van der Waals surface area contributed by atoms with Crippen LogP contribution in [0.25, 0.3) is 11.2 Å². The predicted octanol–water partition coefficient (Wildman–Crippen LogP) is 2.44. The maximum Gasteiger partial charge on any atom is 0.307 e. The fraction of sp³-hybridized carbons (Fsp3) is 0.0667. The summed E-state index contributed by atoms with van der Waals surface area (Å²) in [6, 6.07) is 10.4. The van der Waals surface area contributed by atoms with Crippen molar-refractivity contribution in [2.24, 2.45) is 0 Å². The number of ether oxygens (including phenoxy) is 1. The number of benzene rings is 1. The summed E-state index contributed by atoms with van der Waals surface area (Å²) in [4.78, 5) is 23.3. The van der Waals surface area contributed by atoms with Gasteiger partial charge >= 0.3 is 5.97 Å². The lowest BCUT2D eigenvalue weighted by molar-refractivity contribution is -0.136. The van der Waals surface area contributed by atoms with Crippen LogP contribution in [0.5, 0.6) is 11.6 Å². The Morgan fingerprint density at radius 1 is 1.10 bits per heavy atom. The van der Waals surface area contributed by atoms with Crippen molar-refractivity contribution in [3.05, 3.63) is 54.4 Å². The molecule has 0 bridgehead atoms. The molecule has 0 unspecified atom stereocenters. The molecular formula is C15H11N3O3. The molecule has 1 N–H and O–H groups in total. The molecule has 0 amide bonds. The van der Waals surface area contributed by atoms with Gasteiger partial charge < -0.3 is 9.84 Å². The van der Waals surface area contributed by atoms with E-state index in [4.69, 9.17) is 9.84 Å². The summed E-state index contributed by atoms with van der Waals surface area (Å²) in [6.07, 6.45) is 3.04. The third-order valence-corrected chi connectivity index (χ3v) is 2.83. The zero-order valence-corrected chi connectivity index (χ0v) is 10.9. The first-order chi connectivity index (χ1) is 10.2. The molecule has 0 fully saturated rings. The van der Waals surface area contributed by atoms with E-state index < -0.39 is 5.97 Å². The van der Waals surface area contributed by atoms with Crippen molar-refractivity contribution < 1.29 is 14.6 Å². The number of para-hydroxylation sites is 1. The molecular weight excluding hydrogens is 270 g/mol. The van der Waals surface area contributed by atoms with E-state index in [2.05, 4.69) is 15.0 Å². The molecule has 0 atom stereocenters. The topological polar surface area (TPSA) is 85.2 Å². The van der Waals surface area contributed by atoms with Crippen LogP contribution >= 0.6 is 0 Å². The Morgan fingerprint density at radius 3 is 2.76 bits per heavy atom. The molecule has 0 aliphatic carbocycles. The molecule has 21 heavy (non-hydrogen) atoms. The lowest BCUT2D eigenvalue weighted by Crippen LogP contribution is -2.02. The molecule has 0 saturated carbocycles. The first-order valence-electron chi connectivity index (χ1n) is 6.28. The average molecular weight is 281 g/mol. The number of carboxylic acid groups (broad SMARTS) is 1. The van der Waals surface area contributed by atoms with E-state index in [1.54, 1.807) is 48.8 Å². The van der Waals surface area contributed by atoms with Gasteiger partial charge in [0.1, 0.15) is 11.3 Å². The second-order valence-electron chi connectivity index (χ2n) is 4.33. The summed E-state index contributed by atoms with van der Waals surface area (Å²) < 4.78 is 5.68. The molecule has 6 heteroatoms. The number of carboxylic acids is 1. The summed E-state index contributed by atoms with van der Waals surface area (Å²) in [5.74, 6) is -0.0973. The van der Waals surface area contributed by atoms with E-state index in [-0.39, 0.29) is 6.42 Å². The molecule has 1 aromatic carbocycles. The second-order valence-corrected chi connectivity index (χ2v) is 4.33. The van der Waals surface area contributed by atoms with Crippen molar-refractivity contribution in [2.75, 3.05) is 0 Å². The van der Waals surface area contributed by atoms with Crippen molar-refractivity contribution in [3.63, 3.8) is 0 Å². The Morgan fingerprint density at radius 2 is 1.90 bits per heavy atom. The monoisotopic (exact) mass is 281 g/mol. The van der Waals surface area contributed by atoms with Gasteiger partial charge in [0, 0.05) is 24.0 Å². The van der Waals surface area contributed by atoms with Gasteiger partial charge in [0.15, 0.2) is 5.65 Å². The zero-order chi connectivity index (χ0) is 14.7. The Labute approximate surface area is 120 Å². The molecule has 0 radical (unpaired) electrons. The molecule has 0 aliphatic rings. The highest BCUT2D eigenvalue weighted by atomic mass is 16.5. The van der Waals surface area contributed by atoms with Gasteiger partial charge in [-0.05, 0) is 12.1 Å².